The number of halogens is 7. The number of hydroxylamine groups is 2. The molecule has 0 atom stereocenters. The monoisotopic (exact) mass is 199 g/mol. The van der Waals surface area contributed by atoms with Gasteiger partial charge in [-0.15, -0.1) is 0 Å². The third-order valence-corrected chi connectivity index (χ3v) is 1.04. The Bertz CT molecular complexity index is 197. The Labute approximate surface area is 60.4 Å². The maximum absolute atomic E-state index is 11.8. The van der Waals surface area contributed by atoms with Crippen molar-refractivity contribution in [3.63, 3.8) is 0 Å². The molecule has 0 unspecified atom stereocenters. The van der Waals surface area contributed by atoms with Crippen LogP contribution in [0, 0.1) is 0 Å². The minimum atomic E-state index is -5.63. The summed E-state index contributed by atoms with van der Waals surface area (Å²) in [5, 5.41) is -2.00. The van der Waals surface area contributed by atoms with Gasteiger partial charge in [-0.25, -0.2) is 4.84 Å². The first-order valence-electron chi connectivity index (χ1n) is 2.41. The fourth-order valence-electron chi connectivity index (χ4n) is 0.517. The van der Waals surface area contributed by atoms with Crippen molar-refractivity contribution < 1.29 is 35.6 Å². The molecule has 9 heteroatoms. The molecule has 0 aromatic rings. The Kier molecular flexibility index (Phi) is 1.60. The third kappa shape index (κ3) is 1.04. The second kappa shape index (κ2) is 2.02. The van der Waals surface area contributed by atoms with Gasteiger partial charge < -0.3 is 0 Å². The van der Waals surface area contributed by atoms with Crippen LogP contribution in [0.1, 0.15) is 0 Å². The number of hydrogen-bond acceptors (Lipinski definition) is 2. The van der Waals surface area contributed by atoms with Crippen LogP contribution in [0.15, 0.2) is 0 Å². The predicted molar refractivity (Wildman–Crippen MR) is 18.9 cm³/mol. The van der Waals surface area contributed by atoms with Gasteiger partial charge in [0, 0.05) is 0 Å². The first kappa shape index (κ1) is 9.52. The van der Waals surface area contributed by atoms with E-state index in [-0.39, 0.29) is 0 Å². The second-order valence-corrected chi connectivity index (χ2v) is 1.91. The minimum Gasteiger partial charge on any atom is -0.209 e. The van der Waals surface area contributed by atoms with E-state index in [0.29, 0.717) is 0 Å². The fraction of sp³-hybridized carbons (Fsp3) is 1.00. The summed E-state index contributed by atoms with van der Waals surface area (Å²) in [4.78, 5) is 2.53. The third-order valence-electron chi connectivity index (χ3n) is 1.04. The van der Waals surface area contributed by atoms with Crippen molar-refractivity contribution in [1.29, 1.82) is 0 Å². The molecule has 12 heavy (non-hydrogen) atoms. The van der Waals surface area contributed by atoms with Crippen LogP contribution in [0.25, 0.3) is 0 Å². The van der Waals surface area contributed by atoms with Gasteiger partial charge in [0.2, 0.25) is 0 Å². The van der Waals surface area contributed by atoms with Gasteiger partial charge >= 0.3 is 18.5 Å². The van der Waals surface area contributed by atoms with E-state index in [4.69, 9.17) is 0 Å². The van der Waals surface area contributed by atoms with Gasteiger partial charge in [0.25, 0.3) is 0 Å². The molecule has 0 aromatic carbocycles. The molecule has 72 valence electrons. The molecule has 1 heterocycles. The molecule has 0 saturated carbocycles. The van der Waals surface area contributed by atoms with E-state index in [2.05, 4.69) is 4.84 Å². The first-order valence-corrected chi connectivity index (χ1v) is 2.41. The molecule has 2 nitrogen and oxygen atoms in total. The minimum absolute atomic E-state index is 2.00. The standard InChI is InChI=1S/C3F7NO/c4-1(5)2(6,7)12-11(1)3(8,9)10. The molecule has 1 aliphatic heterocycles. The van der Waals surface area contributed by atoms with E-state index >= 15 is 0 Å². The van der Waals surface area contributed by atoms with Crippen molar-refractivity contribution in [3.05, 3.63) is 0 Å². The topological polar surface area (TPSA) is 12.5 Å². The number of rotatable bonds is 0. The van der Waals surface area contributed by atoms with Crippen molar-refractivity contribution in [2.24, 2.45) is 0 Å². The molecule has 1 fully saturated rings. The van der Waals surface area contributed by atoms with Crippen LogP contribution < -0.4 is 0 Å². The molecular formula is C3F7NO. The Balaban J connectivity index is 2.80. The summed E-state index contributed by atoms with van der Waals surface area (Å²) in [5.74, 6) is 0. The zero-order chi connectivity index (χ0) is 9.78. The summed E-state index contributed by atoms with van der Waals surface area (Å²) in [7, 11) is 0. The van der Waals surface area contributed by atoms with Crippen LogP contribution in [0.2, 0.25) is 0 Å². The van der Waals surface area contributed by atoms with Crippen LogP contribution in [-0.2, 0) is 4.84 Å². The van der Waals surface area contributed by atoms with Gasteiger partial charge in [0.15, 0.2) is 0 Å². The van der Waals surface area contributed by atoms with Crippen molar-refractivity contribution in [2.75, 3.05) is 0 Å². The van der Waals surface area contributed by atoms with Gasteiger partial charge in [-0.2, -0.15) is 30.7 Å². The van der Waals surface area contributed by atoms with Crippen molar-refractivity contribution in [1.82, 2.24) is 5.06 Å². The highest BCUT2D eigenvalue weighted by molar-refractivity contribution is 4.83. The second-order valence-electron chi connectivity index (χ2n) is 1.91. The van der Waals surface area contributed by atoms with Crippen molar-refractivity contribution in [2.45, 2.75) is 18.5 Å². The normalized spacial score (nSPS) is 28.2. The lowest BCUT2D eigenvalue weighted by Crippen LogP contribution is -2.72. The van der Waals surface area contributed by atoms with Gasteiger partial charge in [-0.05, 0) is 5.06 Å². The van der Waals surface area contributed by atoms with E-state index < -0.39 is 23.5 Å². The van der Waals surface area contributed by atoms with Crippen LogP contribution >= 0.6 is 0 Å². The van der Waals surface area contributed by atoms with Crippen molar-refractivity contribution in [3.8, 4) is 0 Å². The molecule has 1 aliphatic rings. The number of nitrogens with zero attached hydrogens (tertiary/aromatic N) is 1. The fourth-order valence-corrected chi connectivity index (χ4v) is 0.517. The highest BCUT2D eigenvalue weighted by Crippen LogP contribution is 2.52. The maximum atomic E-state index is 11.8. The molecule has 0 radical (unpaired) electrons. The lowest BCUT2D eigenvalue weighted by Gasteiger charge is -2.44. The van der Waals surface area contributed by atoms with E-state index in [9.17, 15) is 30.7 Å². The lowest BCUT2D eigenvalue weighted by atomic mass is 10.4. The summed E-state index contributed by atoms with van der Waals surface area (Å²) >= 11 is 0. The summed E-state index contributed by atoms with van der Waals surface area (Å²) in [6, 6.07) is -5.33. The van der Waals surface area contributed by atoms with Gasteiger partial charge in [-0.3, -0.25) is 0 Å². The smallest absolute Gasteiger partial charge is 0.209 e. The Hall–Kier alpha value is -0.570. The van der Waals surface area contributed by atoms with Crippen LogP contribution in [0.4, 0.5) is 30.7 Å². The highest BCUT2D eigenvalue weighted by Gasteiger charge is 2.81. The van der Waals surface area contributed by atoms with E-state index in [1.165, 1.54) is 0 Å². The quantitative estimate of drug-likeness (QED) is 0.436. The molecule has 0 N–H and O–H groups in total. The Morgan fingerprint density at radius 2 is 1.42 bits per heavy atom. The highest BCUT2D eigenvalue weighted by atomic mass is 19.4. The number of hydrogen-bond donors (Lipinski definition) is 0. The Morgan fingerprint density at radius 1 is 1.00 bits per heavy atom. The van der Waals surface area contributed by atoms with Crippen molar-refractivity contribution >= 4 is 0 Å². The first-order chi connectivity index (χ1) is 5.09. The molecule has 0 spiro atoms. The zero-order valence-electron chi connectivity index (χ0n) is 5.00. The summed E-state index contributed by atoms with van der Waals surface area (Å²) in [6.07, 6.45) is -10.7. The number of alkyl halides is 7. The molecule has 0 amide bonds. The van der Waals surface area contributed by atoms with E-state index in [1.54, 1.807) is 0 Å². The van der Waals surface area contributed by atoms with Gasteiger partial charge in [-0.1, -0.05) is 0 Å². The van der Waals surface area contributed by atoms with Crippen LogP contribution in [0.3, 0.4) is 0 Å². The molecule has 0 aromatic heterocycles. The van der Waals surface area contributed by atoms with Crippen LogP contribution in [-0.4, -0.2) is 23.5 Å². The molecule has 0 bridgehead atoms. The van der Waals surface area contributed by atoms with Gasteiger partial charge in [0.05, 0.1) is 0 Å². The summed E-state index contributed by atoms with van der Waals surface area (Å²) in [5.41, 5.74) is 0. The molecule has 1 rings (SSSR count). The zero-order valence-corrected chi connectivity index (χ0v) is 5.00. The molecule has 0 aliphatic carbocycles. The van der Waals surface area contributed by atoms with Gasteiger partial charge in [0.1, 0.15) is 0 Å². The predicted octanol–water partition coefficient (Wildman–Crippen LogP) is 1.94. The Morgan fingerprint density at radius 3 is 1.50 bits per heavy atom. The molecule has 1 saturated heterocycles. The lowest BCUT2D eigenvalue weighted by molar-refractivity contribution is -0.646. The largest absolute Gasteiger partial charge is 0.488 e. The summed E-state index contributed by atoms with van der Waals surface area (Å²) < 4.78 is 80.8. The molecular weight excluding hydrogens is 199 g/mol. The summed E-state index contributed by atoms with van der Waals surface area (Å²) in [6.45, 7) is 0. The van der Waals surface area contributed by atoms with E-state index in [1.807, 2.05) is 0 Å². The van der Waals surface area contributed by atoms with E-state index in [0.717, 1.165) is 0 Å². The average Bonchev–Trinajstić information content (AvgIpc) is 1.81. The average molecular weight is 199 g/mol. The SMILES string of the molecule is FC(F)(F)N1OC(F)(F)C1(F)F. The van der Waals surface area contributed by atoms with Crippen LogP contribution in [0.5, 0.6) is 0 Å². The maximum Gasteiger partial charge on any atom is 0.488 e.